The maximum absolute atomic E-state index is 12.5. The zero-order valence-corrected chi connectivity index (χ0v) is 17.9. The predicted molar refractivity (Wildman–Crippen MR) is 113 cm³/mol. The van der Waals surface area contributed by atoms with Gasteiger partial charge >= 0.3 is 0 Å². The smallest absolute Gasteiger partial charge is 0.280 e. The molecule has 2 heterocycles. The first-order chi connectivity index (χ1) is 15.2. The number of anilines is 2. The van der Waals surface area contributed by atoms with Crippen molar-refractivity contribution in [3.05, 3.63) is 50.3 Å². The minimum absolute atomic E-state index is 0.0886. The molecule has 0 aliphatic carbocycles. The summed E-state index contributed by atoms with van der Waals surface area (Å²) in [4.78, 5) is 30.4. The van der Waals surface area contributed by atoms with Crippen LogP contribution in [0.1, 0.15) is 5.56 Å². The van der Waals surface area contributed by atoms with Crippen molar-refractivity contribution in [3.8, 4) is 0 Å². The molecule has 1 aromatic carbocycles. The first kappa shape index (κ1) is 23.2. The van der Waals surface area contributed by atoms with Crippen LogP contribution in [-0.4, -0.2) is 67.6 Å². The second kappa shape index (κ2) is 9.80. The zero-order chi connectivity index (χ0) is 23.3. The van der Waals surface area contributed by atoms with Gasteiger partial charge in [0.2, 0.25) is 10.0 Å². The molecule has 1 aliphatic heterocycles. The third-order valence-corrected chi connectivity index (χ3v) is 6.18. The summed E-state index contributed by atoms with van der Waals surface area (Å²) in [7, 11) is -4.22. The molecular weight excluding hydrogens is 446 g/mol. The molecule has 3 rings (SSSR count). The topological polar surface area (TPSA) is 183 Å². The summed E-state index contributed by atoms with van der Waals surface area (Å²) in [6.07, 6.45) is 1.39. The Morgan fingerprint density at radius 1 is 1.06 bits per heavy atom. The number of nitro benzene ring substituents is 2. The van der Waals surface area contributed by atoms with Gasteiger partial charge in [-0.2, -0.15) is 0 Å². The predicted octanol–water partition coefficient (Wildman–Crippen LogP) is 0.828. The van der Waals surface area contributed by atoms with Crippen molar-refractivity contribution in [1.82, 2.24) is 14.7 Å². The number of benzene rings is 1. The van der Waals surface area contributed by atoms with Gasteiger partial charge < -0.3 is 15.0 Å². The van der Waals surface area contributed by atoms with Crippen molar-refractivity contribution in [2.75, 3.05) is 49.6 Å². The SMILES string of the molecule is Cc1c([N+](=O)[O-])cc(S(=O)(=O)NCCNc2cc(N3CCOCC3)ncn2)cc1[N+](=O)[O-]. The first-order valence-corrected chi connectivity index (χ1v) is 11.0. The summed E-state index contributed by atoms with van der Waals surface area (Å²) in [5, 5.41) is 25.3. The van der Waals surface area contributed by atoms with E-state index in [-0.39, 0.29) is 18.7 Å². The number of aromatic nitrogens is 2. The fourth-order valence-corrected chi connectivity index (χ4v) is 4.13. The minimum Gasteiger partial charge on any atom is -0.378 e. The molecule has 0 saturated carbocycles. The van der Waals surface area contributed by atoms with Gasteiger partial charge in [0.15, 0.2) is 0 Å². The van der Waals surface area contributed by atoms with Crippen molar-refractivity contribution in [2.24, 2.45) is 0 Å². The van der Waals surface area contributed by atoms with Gasteiger partial charge in [0.1, 0.15) is 23.5 Å². The molecule has 1 fully saturated rings. The lowest BCUT2D eigenvalue weighted by atomic mass is 10.1. The number of rotatable bonds is 9. The average Bonchev–Trinajstić information content (AvgIpc) is 2.77. The van der Waals surface area contributed by atoms with E-state index in [4.69, 9.17) is 4.74 Å². The summed E-state index contributed by atoms with van der Waals surface area (Å²) in [6, 6.07) is 3.33. The Morgan fingerprint density at radius 2 is 1.69 bits per heavy atom. The first-order valence-electron chi connectivity index (χ1n) is 9.51. The number of morpholine rings is 1. The van der Waals surface area contributed by atoms with E-state index in [1.165, 1.54) is 13.3 Å². The van der Waals surface area contributed by atoms with Crippen LogP contribution in [0.3, 0.4) is 0 Å². The third-order valence-electron chi connectivity index (χ3n) is 4.74. The Balaban J connectivity index is 1.65. The highest BCUT2D eigenvalue weighted by Crippen LogP contribution is 2.31. The van der Waals surface area contributed by atoms with Crippen LogP contribution in [-0.2, 0) is 14.8 Å². The molecule has 0 unspecified atom stereocenters. The minimum atomic E-state index is -4.22. The van der Waals surface area contributed by atoms with Crippen LogP contribution in [0.5, 0.6) is 0 Å². The standard InChI is InChI=1S/C17H21N7O7S/c1-12-14(23(25)26)8-13(9-15(12)24(27)28)32(29,30)21-3-2-18-16-10-17(20-11-19-16)22-4-6-31-7-5-22/h8-11,21H,2-7H2,1H3,(H,18,19,20). The van der Waals surface area contributed by atoms with E-state index in [1.807, 2.05) is 4.90 Å². The summed E-state index contributed by atoms with van der Waals surface area (Å²) >= 11 is 0. The van der Waals surface area contributed by atoms with E-state index in [9.17, 15) is 28.6 Å². The number of nitrogens with zero attached hydrogens (tertiary/aromatic N) is 5. The van der Waals surface area contributed by atoms with Gasteiger partial charge in [-0.25, -0.2) is 23.1 Å². The fraction of sp³-hybridized carbons (Fsp3) is 0.412. The quantitative estimate of drug-likeness (QED) is 0.302. The molecule has 32 heavy (non-hydrogen) atoms. The Labute approximate surface area is 183 Å². The van der Waals surface area contributed by atoms with E-state index >= 15 is 0 Å². The average molecular weight is 467 g/mol. The van der Waals surface area contributed by atoms with Crippen LogP contribution in [0.25, 0.3) is 0 Å². The second-order valence-corrected chi connectivity index (χ2v) is 8.55. The molecule has 0 bridgehead atoms. The van der Waals surface area contributed by atoms with Crippen LogP contribution in [0, 0.1) is 27.2 Å². The lowest BCUT2D eigenvalue weighted by Gasteiger charge is -2.27. The van der Waals surface area contributed by atoms with Gasteiger partial charge in [-0.1, -0.05) is 0 Å². The summed E-state index contributed by atoms with van der Waals surface area (Å²) in [6.45, 7) is 3.85. The Hall–Kier alpha value is -3.43. The van der Waals surface area contributed by atoms with E-state index < -0.39 is 36.1 Å². The maximum Gasteiger partial charge on any atom is 0.280 e. The molecule has 0 amide bonds. The normalized spacial score (nSPS) is 14.2. The Bertz CT molecular complexity index is 1080. The molecule has 0 radical (unpaired) electrons. The Kier molecular flexibility index (Phi) is 7.12. The third kappa shape index (κ3) is 5.43. The molecule has 172 valence electrons. The monoisotopic (exact) mass is 467 g/mol. The molecule has 1 aromatic heterocycles. The highest BCUT2D eigenvalue weighted by Gasteiger charge is 2.27. The highest BCUT2D eigenvalue weighted by molar-refractivity contribution is 7.89. The molecule has 0 spiro atoms. The molecule has 1 saturated heterocycles. The number of hydrogen-bond acceptors (Lipinski definition) is 11. The summed E-state index contributed by atoms with van der Waals surface area (Å²) in [5.74, 6) is 1.20. The zero-order valence-electron chi connectivity index (χ0n) is 17.1. The number of nitrogens with one attached hydrogen (secondary N) is 2. The largest absolute Gasteiger partial charge is 0.378 e. The molecule has 15 heteroatoms. The van der Waals surface area contributed by atoms with E-state index in [1.54, 1.807) is 6.07 Å². The van der Waals surface area contributed by atoms with Gasteiger partial charge in [0.05, 0.1) is 28.0 Å². The van der Waals surface area contributed by atoms with E-state index in [2.05, 4.69) is 20.0 Å². The van der Waals surface area contributed by atoms with Crippen LogP contribution in [0.4, 0.5) is 23.0 Å². The van der Waals surface area contributed by atoms with Crippen LogP contribution < -0.4 is 14.9 Å². The highest BCUT2D eigenvalue weighted by atomic mass is 32.2. The Morgan fingerprint density at radius 3 is 2.28 bits per heavy atom. The van der Waals surface area contributed by atoms with Crippen molar-refractivity contribution in [3.63, 3.8) is 0 Å². The molecule has 2 aromatic rings. The molecule has 1 aliphatic rings. The lowest BCUT2D eigenvalue weighted by molar-refractivity contribution is -0.395. The fourth-order valence-electron chi connectivity index (χ4n) is 3.06. The summed E-state index contributed by atoms with van der Waals surface area (Å²) < 4.78 is 32.6. The number of sulfonamides is 1. The van der Waals surface area contributed by atoms with Crippen LogP contribution >= 0.6 is 0 Å². The van der Waals surface area contributed by atoms with Crippen molar-refractivity contribution in [1.29, 1.82) is 0 Å². The van der Waals surface area contributed by atoms with Crippen molar-refractivity contribution < 1.29 is 23.0 Å². The van der Waals surface area contributed by atoms with E-state index in [0.717, 1.165) is 12.1 Å². The van der Waals surface area contributed by atoms with Crippen molar-refractivity contribution >= 4 is 33.0 Å². The molecule has 0 atom stereocenters. The maximum atomic E-state index is 12.5. The van der Waals surface area contributed by atoms with Crippen LogP contribution in [0.2, 0.25) is 0 Å². The lowest BCUT2D eigenvalue weighted by Crippen LogP contribution is -2.36. The van der Waals surface area contributed by atoms with Crippen LogP contribution in [0.15, 0.2) is 29.4 Å². The summed E-state index contributed by atoms with van der Waals surface area (Å²) in [5.41, 5.74) is -1.51. The van der Waals surface area contributed by atoms with Gasteiger partial charge in [0, 0.05) is 44.4 Å². The van der Waals surface area contributed by atoms with Gasteiger partial charge in [-0.15, -0.1) is 0 Å². The van der Waals surface area contributed by atoms with Gasteiger partial charge in [0.25, 0.3) is 11.4 Å². The van der Waals surface area contributed by atoms with E-state index in [0.29, 0.717) is 37.9 Å². The van der Waals surface area contributed by atoms with Gasteiger partial charge in [-0.3, -0.25) is 20.2 Å². The molecular formula is C17H21N7O7S. The molecule has 2 N–H and O–H groups in total. The number of nitro groups is 2. The number of hydrogen-bond donors (Lipinski definition) is 2. The van der Waals surface area contributed by atoms with Crippen molar-refractivity contribution in [2.45, 2.75) is 11.8 Å². The van der Waals surface area contributed by atoms with Gasteiger partial charge in [-0.05, 0) is 6.92 Å². The second-order valence-electron chi connectivity index (χ2n) is 6.79. The molecule has 14 nitrogen and oxygen atoms in total. The number of ether oxygens (including phenoxy) is 1.